The average molecular weight is 506 g/mol. The van der Waals surface area contributed by atoms with Crippen LogP contribution < -0.4 is 5.32 Å². The van der Waals surface area contributed by atoms with E-state index in [4.69, 9.17) is 9.47 Å². The minimum atomic E-state index is -1.01. The molecule has 1 aliphatic carbocycles. The van der Waals surface area contributed by atoms with Crippen LogP contribution in [0.5, 0.6) is 0 Å². The highest BCUT2D eigenvalue weighted by Crippen LogP contribution is 2.40. The van der Waals surface area contributed by atoms with Crippen LogP contribution in [0.15, 0.2) is 54.6 Å². The van der Waals surface area contributed by atoms with Crippen molar-refractivity contribution in [1.82, 2.24) is 0 Å². The van der Waals surface area contributed by atoms with Crippen LogP contribution in [-0.4, -0.2) is 30.6 Å². The molecule has 1 N–H and O–H groups in total. The number of esters is 2. The predicted molar refractivity (Wildman–Crippen MR) is 141 cm³/mol. The lowest BCUT2D eigenvalue weighted by atomic mass is 9.88. The lowest BCUT2D eigenvalue weighted by Gasteiger charge is -2.18. The summed E-state index contributed by atoms with van der Waals surface area (Å²) in [7, 11) is 0. The molecule has 0 unspecified atom stereocenters. The van der Waals surface area contributed by atoms with E-state index in [1.54, 1.807) is 6.92 Å². The molecule has 0 aliphatic heterocycles. The van der Waals surface area contributed by atoms with Gasteiger partial charge in [-0.15, -0.1) is 11.3 Å². The van der Waals surface area contributed by atoms with Gasteiger partial charge in [-0.2, -0.15) is 0 Å². The average Bonchev–Trinajstić information content (AvgIpc) is 3.21. The fourth-order valence-electron chi connectivity index (χ4n) is 4.38. The van der Waals surface area contributed by atoms with Gasteiger partial charge in [0.05, 0.1) is 18.6 Å². The summed E-state index contributed by atoms with van der Waals surface area (Å²) in [6.07, 6.45) is 1.70. The van der Waals surface area contributed by atoms with E-state index in [2.05, 4.69) is 12.2 Å². The summed E-state index contributed by atoms with van der Waals surface area (Å²) in [5, 5.41) is 3.29. The quantitative estimate of drug-likeness (QED) is 0.390. The van der Waals surface area contributed by atoms with Crippen molar-refractivity contribution in [2.24, 2.45) is 5.92 Å². The maximum atomic E-state index is 12.9. The zero-order valence-corrected chi connectivity index (χ0v) is 21.7. The number of hydrogen-bond acceptors (Lipinski definition) is 6. The molecule has 0 saturated heterocycles. The van der Waals surface area contributed by atoms with Gasteiger partial charge in [0.1, 0.15) is 5.00 Å². The molecule has 0 radical (unpaired) electrons. The van der Waals surface area contributed by atoms with E-state index in [9.17, 15) is 14.4 Å². The molecule has 3 aromatic rings. The van der Waals surface area contributed by atoms with Crippen molar-refractivity contribution < 1.29 is 23.9 Å². The van der Waals surface area contributed by atoms with Crippen LogP contribution in [0.25, 0.3) is 11.1 Å². The molecule has 1 aromatic heterocycles. The molecule has 0 fully saturated rings. The Labute approximate surface area is 215 Å². The number of rotatable bonds is 8. The molecule has 0 bridgehead atoms. The lowest BCUT2D eigenvalue weighted by Crippen LogP contribution is -2.30. The number of amides is 1. The number of ether oxygens (including phenoxy) is 2. The molecule has 0 spiro atoms. The third kappa shape index (κ3) is 6.02. The highest BCUT2D eigenvalue weighted by Gasteiger charge is 2.30. The molecule has 1 heterocycles. The Kier molecular flexibility index (Phi) is 8.21. The van der Waals surface area contributed by atoms with Gasteiger partial charge in [-0.1, -0.05) is 61.5 Å². The monoisotopic (exact) mass is 505 g/mol. The SMILES string of the molecule is CCOC(=O)c1c(NC(=O)[C@H](C)OC(=O)Cc2ccc(-c3ccccc3)cc2)sc2c1CC[C@H](C)C2. The molecule has 36 heavy (non-hydrogen) atoms. The van der Waals surface area contributed by atoms with Gasteiger partial charge in [0, 0.05) is 4.88 Å². The molecule has 1 amide bonds. The van der Waals surface area contributed by atoms with Gasteiger partial charge >= 0.3 is 11.9 Å². The first kappa shape index (κ1) is 25.6. The fraction of sp³-hybridized carbons (Fsp3) is 0.345. The van der Waals surface area contributed by atoms with Crippen molar-refractivity contribution in [1.29, 1.82) is 0 Å². The number of nitrogens with one attached hydrogen (secondary N) is 1. The van der Waals surface area contributed by atoms with Crippen LogP contribution in [0.3, 0.4) is 0 Å². The van der Waals surface area contributed by atoms with E-state index in [0.717, 1.165) is 46.4 Å². The highest BCUT2D eigenvalue weighted by atomic mass is 32.1. The van der Waals surface area contributed by atoms with Gasteiger partial charge in [-0.25, -0.2) is 4.79 Å². The standard InChI is InChI=1S/C29H31NO5S/c1-4-34-29(33)26-23-15-10-18(2)16-24(23)36-28(26)30-27(32)19(3)35-25(31)17-20-11-13-22(14-12-20)21-8-6-5-7-9-21/h5-9,11-14,18-19H,4,10,15-17H2,1-3H3,(H,30,32)/t18-,19-/m0/s1. The molecule has 188 valence electrons. The Bertz CT molecular complexity index is 1230. The van der Waals surface area contributed by atoms with Crippen molar-refractivity contribution in [3.05, 3.63) is 76.2 Å². The number of anilines is 1. The largest absolute Gasteiger partial charge is 0.462 e. The smallest absolute Gasteiger partial charge is 0.341 e. The van der Waals surface area contributed by atoms with E-state index in [-0.39, 0.29) is 13.0 Å². The molecule has 6 nitrogen and oxygen atoms in total. The van der Waals surface area contributed by atoms with Crippen molar-refractivity contribution in [2.45, 2.75) is 52.6 Å². The van der Waals surface area contributed by atoms with Gasteiger partial charge in [0.15, 0.2) is 6.10 Å². The third-order valence-electron chi connectivity index (χ3n) is 6.31. The Balaban J connectivity index is 1.39. The van der Waals surface area contributed by atoms with Crippen LogP contribution in [-0.2, 0) is 38.3 Å². The summed E-state index contributed by atoms with van der Waals surface area (Å²) in [4.78, 5) is 39.2. The summed E-state index contributed by atoms with van der Waals surface area (Å²) in [6, 6.07) is 17.7. The molecule has 7 heteroatoms. The maximum absolute atomic E-state index is 12.9. The first-order valence-electron chi connectivity index (χ1n) is 12.3. The number of carbonyl (C=O) groups is 3. The van der Waals surface area contributed by atoms with E-state index < -0.39 is 23.9 Å². The molecule has 1 aliphatic rings. The molecule has 2 aromatic carbocycles. The van der Waals surface area contributed by atoms with Crippen LogP contribution in [0.2, 0.25) is 0 Å². The first-order valence-corrected chi connectivity index (χ1v) is 13.1. The number of hydrogen-bond donors (Lipinski definition) is 1. The number of benzene rings is 2. The van der Waals surface area contributed by atoms with Crippen LogP contribution in [0.4, 0.5) is 5.00 Å². The highest BCUT2D eigenvalue weighted by molar-refractivity contribution is 7.17. The number of fused-ring (bicyclic) bond motifs is 1. The minimum Gasteiger partial charge on any atom is -0.462 e. The van der Waals surface area contributed by atoms with Gasteiger partial charge in [0.2, 0.25) is 0 Å². The third-order valence-corrected chi connectivity index (χ3v) is 7.48. The molecular formula is C29H31NO5S. The fourth-order valence-corrected chi connectivity index (χ4v) is 5.78. The van der Waals surface area contributed by atoms with Gasteiger partial charge in [-0.05, 0) is 61.3 Å². The second-order valence-corrected chi connectivity index (χ2v) is 10.2. The van der Waals surface area contributed by atoms with E-state index in [0.29, 0.717) is 16.5 Å². The molecule has 2 atom stereocenters. The van der Waals surface area contributed by atoms with Crippen molar-refractivity contribution in [2.75, 3.05) is 11.9 Å². The minimum absolute atomic E-state index is 0.0615. The Morgan fingerprint density at radius 2 is 1.75 bits per heavy atom. The van der Waals surface area contributed by atoms with Gasteiger partial charge < -0.3 is 14.8 Å². The lowest BCUT2D eigenvalue weighted by molar-refractivity contribution is -0.152. The molecule has 4 rings (SSSR count). The van der Waals surface area contributed by atoms with E-state index in [1.165, 1.54) is 18.3 Å². The zero-order chi connectivity index (χ0) is 25.7. The topological polar surface area (TPSA) is 81.7 Å². The molecule has 0 saturated carbocycles. The summed E-state index contributed by atoms with van der Waals surface area (Å²) in [6.45, 7) is 5.73. The van der Waals surface area contributed by atoms with Crippen molar-refractivity contribution >= 4 is 34.2 Å². The van der Waals surface area contributed by atoms with Crippen LogP contribution in [0.1, 0.15) is 53.6 Å². The Morgan fingerprint density at radius 3 is 2.44 bits per heavy atom. The van der Waals surface area contributed by atoms with Gasteiger partial charge in [-0.3, -0.25) is 9.59 Å². The van der Waals surface area contributed by atoms with Crippen molar-refractivity contribution in [3.8, 4) is 11.1 Å². The summed E-state index contributed by atoms with van der Waals surface area (Å²) in [5.41, 5.74) is 4.37. The zero-order valence-electron chi connectivity index (χ0n) is 20.8. The van der Waals surface area contributed by atoms with Crippen molar-refractivity contribution in [3.63, 3.8) is 0 Å². The summed E-state index contributed by atoms with van der Waals surface area (Å²) < 4.78 is 10.7. The summed E-state index contributed by atoms with van der Waals surface area (Å²) in [5.74, 6) is -0.866. The van der Waals surface area contributed by atoms with E-state index >= 15 is 0 Å². The van der Waals surface area contributed by atoms with Gasteiger partial charge in [0.25, 0.3) is 5.91 Å². The first-order chi connectivity index (χ1) is 17.4. The van der Waals surface area contributed by atoms with Crippen LogP contribution in [0, 0.1) is 5.92 Å². The predicted octanol–water partition coefficient (Wildman–Crippen LogP) is 5.83. The number of thiophene rings is 1. The normalized spacial score (nSPS) is 15.5. The second kappa shape index (κ2) is 11.5. The number of carbonyl (C=O) groups excluding carboxylic acids is 3. The summed E-state index contributed by atoms with van der Waals surface area (Å²) >= 11 is 1.41. The second-order valence-electron chi connectivity index (χ2n) is 9.14. The maximum Gasteiger partial charge on any atom is 0.341 e. The Morgan fingerprint density at radius 1 is 1.06 bits per heavy atom. The Hall–Kier alpha value is -3.45. The molecular weight excluding hydrogens is 474 g/mol. The van der Waals surface area contributed by atoms with E-state index in [1.807, 2.05) is 54.6 Å². The van der Waals surface area contributed by atoms with Crippen LogP contribution >= 0.6 is 11.3 Å².